The van der Waals surface area contributed by atoms with Gasteiger partial charge in [0.05, 0.1) is 5.60 Å². The molecule has 104 valence electrons. The van der Waals surface area contributed by atoms with E-state index in [9.17, 15) is 5.11 Å². The third-order valence-corrected chi connectivity index (χ3v) is 3.05. The van der Waals surface area contributed by atoms with Crippen molar-refractivity contribution in [2.24, 2.45) is 17.8 Å². The monoisotopic (exact) mass is 243 g/mol. The summed E-state index contributed by atoms with van der Waals surface area (Å²) in [5, 5.41) is 13.7. The van der Waals surface area contributed by atoms with Gasteiger partial charge in [-0.1, -0.05) is 34.6 Å². The van der Waals surface area contributed by atoms with Gasteiger partial charge in [-0.25, -0.2) is 0 Å². The summed E-state index contributed by atoms with van der Waals surface area (Å²) in [6, 6.07) is 0. The van der Waals surface area contributed by atoms with E-state index in [4.69, 9.17) is 0 Å². The van der Waals surface area contributed by atoms with Gasteiger partial charge in [0.25, 0.3) is 0 Å². The molecule has 0 radical (unpaired) electrons. The molecule has 0 aromatic rings. The highest BCUT2D eigenvalue weighted by Crippen LogP contribution is 2.24. The van der Waals surface area contributed by atoms with Gasteiger partial charge in [0.2, 0.25) is 0 Å². The molecule has 2 atom stereocenters. The molecule has 0 aromatic carbocycles. The van der Waals surface area contributed by atoms with Gasteiger partial charge < -0.3 is 10.4 Å². The molecule has 0 heterocycles. The minimum atomic E-state index is -0.516. The first-order chi connectivity index (χ1) is 7.73. The van der Waals surface area contributed by atoms with Crippen molar-refractivity contribution in [3.8, 4) is 0 Å². The zero-order valence-corrected chi connectivity index (χ0v) is 12.7. The molecule has 2 N–H and O–H groups in total. The van der Waals surface area contributed by atoms with E-state index in [2.05, 4.69) is 39.9 Å². The smallest absolute Gasteiger partial charge is 0.0634 e. The molecule has 0 saturated heterocycles. The highest BCUT2D eigenvalue weighted by Gasteiger charge is 2.23. The van der Waals surface area contributed by atoms with Crippen molar-refractivity contribution in [2.45, 2.75) is 66.4 Å². The maximum absolute atomic E-state index is 10.3. The van der Waals surface area contributed by atoms with Gasteiger partial charge in [-0.2, -0.15) is 0 Å². The Balaban J connectivity index is 3.78. The van der Waals surface area contributed by atoms with Gasteiger partial charge in [-0.3, -0.25) is 0 Å². The van der Waals surface area contributed by atoms with Crippen molar-refractivity contribution in [3.63, 3.8) is 0 Å². The molecule has 0 aliphatic rings. The Hall–Kier alpha value is -0.0800. The number of aliphatic hydroxyl groups is 1. The topological polar surface area (TPSA) is 32.3 Å². The maximum atomic E-state index is 10.3. The average Bonchev–Trinajstić information content (AvgIpc) is 2.09. The second kappa shape index (κ2) is 8.10. The maximum Gasteiger partial charge on any atom is 0.0634 e. The lowest BCUT2D eigenvalue weighted by molar-refractivity contribution is 0.0252. The lowest BCUT2D eigenvalue weighted by Gasteiger charge is -2.28. The molecule has 0 saturated carbocycles. The Morgan fingerprint density at radius 1 is 1.06 bits per heavy atom. The highest BCUT2D eigenvalue weighted by atomic mass is 16.3. The fraction of sp³-hybridized carbons (Fsp3) is 1.00. The van der Waals surface area contributed by atoms with Crippen molar-refractivity contribution in [2.75, 3.05) is 13.1 Å². The van der Waals surface area contributed by atoms with Crippen molar-refractivity contribution >= 4 is 0 Å². The Morgan fingerprint density at radius 3 is 2.12 bits per heavy atom. The second-order valence-electron chi connectivity index (χ2n) is 6.78. The van der Waals surface area contributed by atoms with Crippen LogP contribution in [0, 0.1) is 17.8 Å². The first-order valence-corrected chi connectivity index (χ1v) is 7.16. The molecule has 2 unspecified atom stereocenters. The molecular weight excluding hydrogens is 210 g/mol. The third-order valence-electron chi connectivity index (χ3n) is 3.05. The molecule has 0 rings (SSSR count). The van der Waals surface area contributed by atoms with Gasteiger partial charge in [-0.05, 0) is 57.0 Å². The summed E-state index contributed by atoms with van der Waals surface area (Å²) in [5.41, 5.74) is -0.516. The van der Waals surface area contributed by atoms with Gasteiger partial charge in [0.1, 0.15) is 0 Å². The van der Waals surface area contributed by atoms with E-state index in [0.717, 1.165) is 31.8 Å². The Kier molecular flexibility index (Phi) is 8.06. The van der Waals surface area contributed by atoms with Crippen LogP contribution in [-0.4, -0.2) is 23.8 Å². The largest absolute Gasteiger partial charge is 0.390 e. The van der Waals surface area contributed by atoms with Crippen LogP contribution in [0.25, 0.3) is 0 Å². The van der Waals surface area contributed by atoms with Crippen LogP contribution in [0.3, 0.4) is 0 Å². The van der Waals surface area contributed by atoms with Crippen LogP contribution in [0.5, 0.6) is 0 Å². The molecule has 0 bridgehead atoms. The quantitative estimate of drug-likeness (QED) is 0.608. The third kappa shape index (κ3) is 10.8. The standard InChI is InChI=1S/C15H33NO/c1-12(2)9-14(5)10-15(6,17)7-8-16-11-13(3)4/h12-14,16-17H,7-11H2,1-6H3. The molecular formula is C15H33NO. The summed E-state index contributed by atoms with van der Waals surface area (Å²) < 4.78 is 0. The molecule has 17 heavy (non-hydrogen) atoms. The summed E-state index contributed by atoms with van der Waals surface area (Å²) in [5.74, 6) is 2.01. The number of hydrogen-bond acceptors (Lipinski definition) is 2. The Bertz CT molecular complexity index is 187. The SMILES string of the molecule is CC(C)CNCCC(C)(O)CC(C)CC(C)C. The first kappa shape index (κ1) is 16.9. The van der Waals surface area contributed by atoms with E-state index in [1.165, 1.54) is 6.42 Å². The number of hydrogen-bond donors (Lipinski definition) is 2. The Labute approximate surface area is 108 Å². The van der Waals surface area contributed by atoms with E-state index in [0.29, 0.717) is 11.8 Å². The normalized spacial score (nSPS) is 17.5. The minimum Gasteiger partial charge on any atom is -0.390 e. The molecule has 0 spiro atoms. The molecule has 2 heteroatoms. The van der Waals surface area contributed by atoms with Crippen LogP contribution in [-0.2, 0) is 0 Å². The van der Waals surface area contributed by atoms with E-state index >= 15 is 0 Å². The molecule has 0 aliphatic carbocycles. The van der Waals surface area contributed by atoms with Crippen molar-refractivity contribution in [1.82, 2.24) is 5.32 Å². The number of nitrogens with one attached hydrogen (secondary N) is 1. The van der Waals surface area contributed by atoms with Crippen molar-refractivity contribution < 1.29 is 5.11 Å². The summed E-state index contributed by atoms with van der Waals surface area (Å²) in [6.45, 7) is 15.1. The summed E-state index contributed by atoms with van der Waals surface area (Å²) in [4.78, 5) is 0. The minimum absolute atomic E-state index is 0.516. The van der Waals surface area contributed by atoms with Crippen molar-refractivity contribution in [3.05, 3.63) is 0 Å². The van der Waals surface area contributed by atoms with Crippen LogP contribution in [0.1, 0.15) is 60.8 Å². The van der Waals surface area contributed by atoms with Gasteiger partial charge >= 0.3 is 0 Å². The molecule has 2 nitrogen and oxygen atoms in total. The zero-order chi connectivity index (χ0) is 13.5. The van der Waals surface area contributed by atoms with E-state index in [-0.39, 0.29) is 0 Å². The zero-order valence-electron chi connectivity index (χ0n) is 12.7. The predicted octanol–water partition coefficient (Wildman–Crippen LogP) is 3.45. The van der Waals surface area contributed by atoms with E-state index in [1.54, 1.807) is 0 Å². The fourth-order valence-corrected chi connectivity index (χ4v) is 2.49. The van der Waals surface area contributed by atoms with Gasteiger partial charge in [0, 0.05) is 0 Å². The van der Waals surface area contributed by atoms with Crippen LogP contribution in [0.4, 0.5) is 0 Å². The molecule has 0 amide bonds. The first-order valence-electron chi connectivity index (χ1n) is 7.16. The fourth-order valence-electron chi connectivity index (χ4n) is 2.49. The molecule has 0 fully saturated rings. The van der Waals surface area contributed by atoms with Crippen molar-refractivity contribution in [1.29, 1.82) is 0 Å². The van der Waals surface area contributed by atoms with E-state index < -0.39 is 5.60 Å². The highest BCUT2D eigenvalue weighted by molar-refractivity contribution is 4.77. The van der Waals surface area contributed by atoms with E-state index in [1.807, 2.05) is 6.92 Å². The molecule has 0 aromatic heterocycles. The lowest BCUT2D eigenvalue weighted by Crippen LogP contribution is -2.33. The lowest BCUT2D eigenvalue weighted by atomic mass is 9.86. The predicted molar refractivity (Wildman–Crippen MR) is 76.2 cm³/mol. The summed E-state index contributed by atoms with van der Waals surface area (Å²) >= 11 is 0. The summed E-state index contributed by atoms with van der Waals surface area (Å²) in [7, 11) is 0. The van der Waals surface area contributed by atoms with Crippen LogP contribution in [0.15, 0.2) is 0 Å². The number of rotatable bonds is 9. The Morgan fingerprint density at radius 2 is 1.65 bits per heavy atom. The molecule has 0 aliphatic heterocycles. The van der Waals surface area contributed by atoms with Crippen LogP contribution >= 0.6 is 0 Å². The van der Waals surface area contributed by atoms with Gasteiger partial charge in [-0.15, -0.1) is 0 Å². The van der Waals surface area contributed by atoms with Crippen LogP contribution < -0.4 is 5.32 Å². The summed E-state index contributed by atoms with van der Waals surface area (Å²) in [6.07, 6.45) is 2.96. The second-order valence-corrected chi connectivity index (χ2v) is 6.78. The van der Waals surface area contributed by atoms with Crippen LogP contribution in [0.2, 0.25) is 0 Å². The van der Waals surface area contributed by atoms with Gasteiger partial charge in [0.15, 0.2) is 0 Å². The average molecular weight is 243 g/mol.